The lowest BCUT2D eigenvalue weighted by atomic mass is 10.1. The van der Waals surface area contributed by atoms with Gasteiger partial charge in [-0.05, 0) is 18.9 Å². The van der Waals surface area contributed by atoms with Crippen LogP contribution in [0.15, 0.2) is 18.2 Å². The molecule has 0 heterocycles. The summed E-state index contributed by atoms with van der Waals surface area (Å²) < 4.78 is 0. The van der Waals surface area contributed by atoms with Crippen LogP contribution >= 0.6 is 11.6 Å². The molecule has 0 radical (unpaired) electrons. The molecule has 96 valence electrons. The molecule has 1 aliphatic carbocycles. The Bertz CT molecular complexity index is 484. The second-order valence-corrected chi connectivity index (χ2v) is 4.78. The Morgan fingerprint density at radius 1 is 1.39 bits per heavy atom. The Hall–Kier alpha value is -1.62. The molecule has 18 heavy (non-hydrogen) atoms. The van der Waals surface area contributed by atoms with E-state index in [0.29, 0.717) is 0 Å². The van der Waals surface area contributed by atoms with Crippen molar-refractivity contribution >= 4 is 23.2 Å². The number of halogens is 1. The maximum atomic E-state index is 11.9. The highest BCUT2D eigenvalue weighted by atomic mass is 35.5. The van der Waals surface area contributed by atoms with E-state index in [4.69, 9.17) is 11.6 Å². The third-order valence-electron chi connectivity index (χ3n) is 3.10. The van der Waals surface area contributed by atoms with Crippen molar-refractivity contribution in [2.45, 2.75) is 31.7 Å². The van der Waals surface area contributed by atoms with Gasteiger partial charge in [0.1, 0.15) is 0 Å². The summed E-state index contributed by atoms with van der Waals surface area (Å²) in [7, 11) is 0. The topological polar surface area (TPSA) is 72.2 Å². The van der Waals surface area contributed by atoms with E-state index in [-0.39, 0.29) is 28.2 Å². The van der Waals surface area contributed by atoms with Crippen LogP contribution in [-0.4, -0.2) is 16.9 Å². The number of hydrogen-bond donors (Lipinski definition) is 1. The van der Waals surface area contributed by atoms with E-state index in [1.165, 1.54) is 18.2 Å². The van der Waals surface area contributed by atoms with Crippen LogP contribution in [0.2, 0.25) is 5.02 Å². The molecule has 0 unspecified atom stereocenters. The van der Waals surface area contributed by atoms with E-state index in [0.717, 1.165) is 25.7 Å². The van der Waals surface area contributed by atoms with Gasteiger partial charge in [0, 0.05) is 18.2 Å². The van der Waals surface area contributed by atoms with E-state index in [9.17, 15) is 14.9 Å². The first-order valence-electron chi connectivity index (χ1n) is 5.83. The van der Waals surface area contributed by atoms with Crippen molar-refractivity contribution in [3.8, 4) is 0 Å². The monoisotopic (exact) mass is 268 g/mol. The number of carbonyl (C=O) groups is 1. The predicted octanol–water partition coefficient (Wildman–Crippen LogP) is 2.92. The summed E-state index contributed by atoms with van der Waals surface area (Å²) in [5.74, 6) is -0.262. The molecule has 0 saturated heterocycles. The Balaban J connectivity index is 2.12. The SMILES string of the molecule is O=C(NC1CCCC1)c1ccc([N+](=O)[O-])cc1Cl. The Morgan fingerprint density at radius 2 is 2.06 bits per heavy atom. The molecule has 5 nitrogen and oxygen atoms in total. The summed E-state index contributed by atoms with van der Waals surface area (Å²) in [4.78, 5) is 22.0. The van der Waals surface area contributed by atoms with Crippen molar-refractivity contribution in [2.24, 2.45) is 0 Å². The van der Waals surface area contributed by atoms with E-state index in [2.05, 4.69) is 5.32 Å². The van der Waals surface area contributed by atoms with Crippen LogP contribution in [0.3, 0.4) is 0 Å². The summed E-state index contributed by atoms with van der Waals surface area (Å²) in [6, 6.07) is 4.08. The molecule has 2 rings (SSSR count). The van der Waals surface area contributed by atoms with Crippen LogP contribution in [0.1, 0.15) is 36.0 Å². The number of nitro groups is 1. The van der Waals surface area contributed by atoms with Gasteiger partial charge in [-0.1, -0.05) is 24.4 Å². The van der Waals surface area contributed by atoms with Gasteiger partial charge in [-0.25, -0.2) is 0 Å². The number of nitrogens with one attached hydrogen (secondary N) is 1. The maximum Gasteiger partial charge on any atom is 0.270 e. The zero-order valence-electron chi connectivity index (χ0n) is 9.69. The molecule has 1 saturated carbocycles. The Labute approximate surface area is 109 Å². The summed E-state index contributed by atoms with van der Waals surface area (Å²) in [6.45, 7) is 0. The molecule has 1 fully saturated rings. The minimum Gasteiger partial charge on any atom is -0.349 e. The quantitative estimate of drug-likeness (QED) is 0.677. The van der Waals surface area contributed by atoms with E-state index in [1.54, 1.807) is 0 Å². The first-order chi connectivity index (χ1) is 8.58. The van der Waals surface area contributed by atoms with E-state index in [1.807, 2.05) is 0 Å². The molecule has 1 aliphatic rings. The van der Waals surface area contributed by atoms with Gasteiger partial charge in [-0.3, -0.25) is 14.9 Å². The van der Waals surface area contributed by atoms with Crippen molar-refractivity contribution in [1.29, 1.82) is 0 Å². The Kier molecular flexibility index (Phi) is 3.81. The predicted molar refractivity (Wildman–Crippen MR) is 67.8 cm³/mol. The number of benzene rings is 1. The smallest absolute Gasteiger partial charge is 0.270 e. The largest absolute Gasteiger partial charge is 0.349 e. The zero-order chi connectivity index (χ0) is 13.1. The third-order valence-corrected chi connectivity index (χ3v) is 3.41. The molecule has 6 heteroatoms. The third kappa shape index (κ3) is 2.79. The van der Waals surface area contributed by atoms with Gasteiger partial charge in [0.2, 0.25) is 0 Å². The molecule has 0 spiro atoms. The van der Waals surface area contributed by atoms with Gasteiger partial charge in [-0.15, -0.1) is 0 Å². The Morgan fingerprint density at radius 3 is 2.61 bits per heavy atom. The van der Waals surface area contributed by atoms with Crippen molar-refractivity contribution < 1.29 is 9.72 Å². The lowest BCUT2D eigenvalue weighted by molar-refractivity contribution is -0.384. The van der Waals surface area contributed by atoms with Crippen molar-refractivity contribution in [1.82, 2.24) is 5.32 Å². The highest BCUT2D eigenvalue weighted by molar-refractivity contribution is 6.34. The van der Waals surface area contributed by atoms with Gasteiger partial charge >= 0.3 is 0 Å². The maximum absolute atomic E-state index is 11.9. The number of nitro benzene ring substituents is 1. The highest BCUT2D eigenvalue weighted by Gasteiger charge is 2.20. The van der Waals surface area contributed by atoms with Gasteiger partial charge in [-0.2, -0.15) is 0 Å². The van der Waals surface area contributed by atoms with Crippen molar-refractivity contribution in [2.75, 3.05) is 0 Å². The lowest BCUT2D eigenvalue weighted by Gasteiger charge is -2.12. The zero-order valence-corrected chi connectivity index (χ0v) is 10.4. The first-order valence-corrected chi connectivity index (χ1v) is 6.20. The molecule has 1 aromatic rings. The number of nitrogens with zero attached hydrogens (tertiary/aromatic N) is 1. The molecule has 1 aromatic carbocycles. The van der Waals surface area contributed by atoms with Crippen LogP contribution in [0.5, 0.6) is 0 Å². The van der Waals surface area contributed by atoms with Gasteiger partial charge in [0.25, 0.3) is 11.6 Å². The second kappa shape index (κ2) is 5.35. The van der Waals surface area contributed by atoms with E-state index < -0.39 is 4.92 Å². The molecule has 0 aliphatic heterocycles. The number of amides is 1. The summed E-state index contributed by atoms with van der Waals surface area (Å²) in [6.07, 6.45) is 4.21. The van der Waals surface area contributed by atoms with Crippen LogP contribution in [0.25, 0.3) is 0 Å². The number of rotatable bonds is 3. The number of hydrogen-bond acceptors (Lipinski definition) is 3. The summed E-state index contributed by atoms with van der Waals surface area (Å²) in [5.41, 5.74) is 0.173. The fraction of sp³-hybridized carbons (Fsp3) is 0.417. The van der Waals surface area contributed by atoms with Gasteiger partial charge < -0.3 is 5.32 Å². The fourth-order valence-corrected chi connectivity index (χ4v) is 2.40. The lowest BCUT2D eigenvalue weighted by Crippen LogP contribution is -2.32. The molecular weight excluding hydrogens is 256 g/mol. The molecule has 0 aromatic heterocycles. The van der Waals surface area contributed by atoms with Crippen LogP contribution in [-0.2, 0) is 0 Å². The number of carbonyl (C=O) groups excluding carboxylic acids is 1. The average molecular weight is 269 g/mol. The van der Waals surface area contributed by atoms with Crippen LogP contribution in [0.4, 0.5) is 5.69 Å². The fourth-order valence-electron chi connectivity index (χ4n) is 2.14. The summed E-state index contributed by atoms with van der Waals surface area (Å²) >= 11 is 5.89. The second-order valence-electron chi connectivity index (χ2n) is 4.38. The minimum atomic E-state index is -0.537. The molecule has 0 atom stereocenters. The van der Waals surface area contributed by atoms with Crippen LogP contribution in [0, 0.1) is 10.1 Å². The molecule has 0 bridgehead atoms. The minimum absolute atomic E-state index is 0.111. The molecule has 1 N–H and O–H groups in total. The summed E-state index contributed by atoms with van der Waals surface area (Å²) in [5, 5.41) is 13.6. The van der Waals surface area contributed by atoms with Crippen molar-refractivity contribution in [3.63, 3.8) is 0 Å². The van der Waals surface area contributed by atoms with Crippen molar-refractivity contribution in [3.05, 3.63) is 38.9 Å². The van der Waals surface area contributed by atoms with Gasteiger partial charge in [0.15, 0.2) is 0 Å². The first kappa shape index (κ1) is 12.8. The highest BCUT2D eigenvalue weighted by Crippen LogP contribution is 2.23. The molecule has 1 amide bonds. The standard InChI is InChI=1S/C12H13ClN2O3/c13-11-7-9(15(17)18)5-6-10(11)12(16)14-8-3-1-2-4-8/h5-8H,1-4H2,(H,14,16). The average Bonchev–Trinajstić information content (AvgIpc) is 2.81. The van der Waals surface area contributed by atoms with E-state index >= 15 is 0 Å². The van der Waals surface area contributed by atoms with Gasteiger partial charge in [0.05, 0.1) is 15.5 Å². The molecular formula is C12H13ClN2O3. The number of non-ortho nitro benzene ring substituents is 1. The normalized spacial score (nSPS) is 15.6. The van der Waals surface area contributed by atoms with Crippen LogP contribution < -0.4 is 5.32 Å².